The molecule has 0 saturated heterocycles. The van der Waals surface area contributed by atoms with Crippen LogP contribution in [0.1, 0.15) is 26.2 Å². The van der Waals surface area contributed by atoms with E-state index < -0.39 is 0 Å². The van der Waals surface area contributed by atoms with Gasteiger partial charge >= 0.3 is 0 Å². The molecule has 0 aromatic rings. The van der Waals surface area contributed by atoms with Gasteiger partial charge in [-0.2, -0.15) is 0 Å². The quantitative estimate of drug-likeness (QED) is 0.473. The zero-order valence-corrected chi connectivity index (χ0v) is 5.91. The van der Waals surface area contributed by atoms with Gasteiger partial charge in [-0.3, -0.25) is 0 Å². The Hall–Kier alpha value is 0.0300. The molecule has 1 atom stereocenters. The van der Waals surface area contributed by atoms with Crippen LogP contribution < -0.4 is 0 Å². The van der Waals surface area contributed by atoms with Gasteiger partial charge in [-0.25, -0.2) is 0 Å². The van der Waals surface area contributed by atoms with E-state index >= 15 is 0 Å². The normalized spacial score (nSPS) is 29.8. The van der Waals surface area contributed by atoms with Gasteiger partial charge in [0.15, 0.2) is 0 Å². The summed E-state index contributed by atoms with van der Waals surface area (Å²) < 4.78 is 0. The van der Waals surface area contributed by atoms with Crippen molar-refractivity contribution in [3.63, 3.8) is 0 Å². The van der Waals surface area contributed by atoms with Crippen LogP contribution in [0.25, 0.3) is 0 Å². The maximum Gasteiger partial charge on any atom is 0.0141 e. The highest BCUT2D eigenvalue weighted by Crippen LogP contribution is 2.24. The Balaban J connectivity index is 2.42. The van der Waals surface area contributed by atoms with Crippen LogP contribution in [0.15, 0.2) is 11.1 Å². The lowest BCUT2D eigenvalue weighted by molar-refractivity contribution is 0.523. The highest BCUT2D eigenvalue weighted by Gasteiger charge is 2.06. The highest BCUT2D eigenvalue weighted by atomic mass is 35.5. The summed E-state index contributed by atoms with van der Waals surface area (Å²) in [4.78, 5) is 0. The average molecular weight is 131 g/mol. The third-order valence-electron chi connectivity index (χ3n) is 1.62. The van der Waals surface area contributed by atoms with Crippen LogP contribution in [0.4, 0.5) is 0 Å². The van der Waals surface area contributed by atoms with Crippen molar-refractivity contribution in [2.45, 2.75) is 26.2 Å². The summed E-state index contributed by atoms with van der Waals surface area (Å²) in [5.41, 5.74) is 0. The minimum absolute atomic E-state index is 0.859. The van der Waals surface area contributed by atoms with E-state index in [0.717, 1.165) is 17.4 Å². The van der Waals surface area contributed by atoms with Gasteiger partial charge in [0.25, 0.3) is 0 Å². The summed E-state index contributed by atoms with van der Waals surface area (Å²) in [5, 5.41) is 1.06. The third-order valence-corrected chi connectivity index (χ3v) is 1.96. The minimum Gasteiger partial charge on any atom is -0.0895 e. The summed E-state index contributed by atoms with van der Waals surface area (Å²) in [6.07, 6.45) is 5.69. The van der Waals surface area contributed by atoms with Gasteiger partial charge in [-0.05, 0) is 25.2 Å². The molecule has 0 unspecified atom stereocenters. The predicted molar refractivity (Wildman–Crippen MR) is 37.0 cm³/mol. The largest absolute Gasteiger partial charge is 0.0895 e. The number of rotatable bonds is 0. The van der Waals surface area contributed by atoms with E-state index in [0.29, 0.717) is 0 Å². The standard InChI is InChI=1S/C7H11Cl/c1-6-2-4-7(8)5-3-6/h4,6H,2-3,5H2,1H3/t6-/m1/s1. The Morgan fingerprint density at radius 2 is 2.50 bits per heavy atom. The smallest absolute Gasteiger partial charge is 0.0141 e. The van der Waals surface area contributed by atoms with Crippen molar-refractivity contribution in [3.8, 4) is 0 Å². The van der Waals surface area contributed by atoms with Crippen LogP contribution in [-0.4, -0.2) is 0 Å². The lowest BCUT2D eigenvalue weighted by atomic mass is 9.97. The number of hydrogen-bond acceptors (Lipinski definition) is 0. The van der Waals surface area contributed by atoms with E-state index in [1.54, 1.807) is 0 Å². The van der Waals surface area contributed by atoms with Crippen LogP contribution in [-0.2, 0) is 0 Å². The first-order chi connectivity index (χ1) is 3.79. The van der Waals surface area contributed by atoms with E-state index in [-0.39, 0.29) is 0 Å². The van der Waals surface area contributed by atoms with Crippen molar-refractivity contribution >= 4 is 11.6 Å². The van der Waals surface area contributed by atoms with Crippen molar-refractivity contribution in [1.29, 1.82) is 0 Å². The van der Waals surface area contributed by atoms with Gasteiger partial charge in [0.1, 0.15) is 0 Å². The number of halogens is 1. The van der Waals surface area contributed by atoms with Gasteiger partial charge in [0.05, 0.1) is 0 Å². The summed E-state index contributed by atoms with van der Waals surface area (Å²) in [7, 11) is 0. The van der Waals surface area contributed by atoms with E-state index in [1.807, 2.05) is 0 Å². The molecule has 1 aliphatic rings. The van der Waals surface area contributed by atoms with Crippen molar-refractivity contribution in [3.05, 3.63) is 11.1 Å². The fourth-order valence-electron chi connectivity index (χ4n) is 0.933. The van der Waals surface area contributed by atoms with E-state index in [1.165, 1.54) is 12.8 Å². The highest BCUT2D eigenvalue weighted by molar-refractivity contribution is 6.29. The van der Waals surface area contributed by atoms with Crippen LogP contribution in [0, 0.1) is 5.92 Å². The van der Waals surface area contributed by atoms with E-state index in [9.17, 15) is 0 Å². The predicted octanol–water partition coefficient (Wildman–Crippen LogP) is 2.93. The molecule has 0 heterocycles. The molecule has 0 radical (unpaired) electrons. The Labute approximate surface area is 55.5 Å². The van der Waals surface area contributed by atoms with Gasteiger partial charge in [-0.15, -0.1) is 0 Å². The Bertz CT molecular complexity index is 105. The first-order valence-electron chi connectivity index (χ1n) is 3.13. The Morgan fingerprint density at radius 3 is 2.88 bits per heavy atom. The minimum atomic E-state index is 0.859. The fraction of sp³-hybridized carbons (Fsp3) is 0.714. The van der Waals surface area contributed by atoms with Gasteiger partial charge in [-0.1, -0.05) is 24.6 Å². The van der Waals surface area contributed by atoms with Crippen molar-refractivity contribution in [2.75, 3.05) is 0 Å². The second kappa shape index (κ2) is 2.54. The molecule has 0 aromatic heterocycles. The Morgan fingerprint density at radius 1 is 1.75 bits per heavy atom. The molecule has 8 heavy (non-hydrogen) atoms. The number of hydrogen-bond donors (Lipinski definition) is 0. The van der Waals surface area contributed by atoms with E-state index in [2.05, 4.69) is 13.0 Å². The molecule has 1 aliphatic carbocycles. The topological polar surface area (TPSA) is 0 Å². The molecule has 0 nitrogen and oxygen atoms in total. The van der Waals surface area contributed by atoms with Crippen LogP contribution in [0.5, 0.6) is 0 Å². The van der Waals surface area contributed by atoms with Crippen LogP contribution in [0.2, 0.25) is 0 Å². The maximum absolute atomic E-state index is 5.74. The molecule has 0 aromatic carbocycles. The lowest BCUT2D eigenvalue weighted by Crippen LogP contribution is -1.97. The van der Waals surface area contributed by atoms with Gasteiger partial charge < -0.3 is 0 Å². The second-order valence-electron chi connectivity index (χ2n) is 2.53. The maximum atomic E-state index is 5.74. The van der Waals surface area contributed by atoms with Crippen molar-refractivity contribution in [1.82, 2.24) is 0 Å². The van der Waals surface area contributed by atoms with Crippen LogP contribution in [0.3, 0.4) is 0 Å². The summed E-state index contributed by atoms with van der Waals surface area (Å²) in [6.45, 7) is 2.26. The van der Waals surface area contributed by atoms with Crippen molar-refractivity contribution < 1.29 is 0 Å². The number of allylic oxidation sites excluding steroid dienone is 2. The molecular weight excluding hydrogens is 120 g/mol. The molecule has 0 N–H and O–H groups in total. The zero-order chi connectivity index (χ0) is 5.98. The first kappa shape index (κ1) is 6.15. The lowest BCUT2D eigenvalue weighted by Gasteiger charge is -2.13. The van der Waals surface area contributed by atoms with Crippen molar-refractivity contribution in [2.24, 2.45) is 5.92 Å². The van der Waals surface area contributed by atoms with Gasteiger partial charge in [0.2, 0.25) is 0 Å². The molecule has 0 aliphatic heterocycles. The zero-order valence-electron chi connectivity index (χ0n) is 5.15. The molecule has 1 heteroatoms. The fourth-order valence-corrected chi connectivity index (χ4v) is 1.13. The Kier molecular flexibility index (Phi) is 1.95. The van der Waals surface area contributed by atoms with Crippen LogP contribution >= 0.6 is 11.6 Å². The van der Waals surface area contributed by atoms with Gasteiger partial charge in [0, 0.05) is 5.03 Å². The summed E-state index contributed by atoms with van der Waals surface area (Å²) >= 11 is 5.74. The summed E-state index contributed by atoms with van der Waals surface area (Å²) in [6, 6.07) is 0. The third kappa shape index (κ3) is 1.52. The first-order valence-corrected chi connectivity index (χ1v) is 3.51. The SMILES string of the molecule is C[C@@H]1CC=C(Cl)CC1. The molecule has 1 rings (SSSR count). The molecule has 0 saturated carbocycles. The second-order valence-corrected chi connectivity index (χ2v) is 3.02. The molecule has 46 valence electrons. The molecule has 0 amide bonds. The molecular formula is C7H11Cl. The monoisotopic (exact) mass is 130 g/mol. The molecule has 0 fully saturated rings. The van der Waals surface area contributed by atoms with E-state index in [4.69, 9.17) is 11.6 Å². The molecule has 0 bridgehead atoms. The molecule has 0 spiro atoms. The summed E-state index contributed by atoms with van der Waals surface area (Å²) in [5.74, 6) is 0.859. The average Bonchev–Trinajstić information content (AvgIpc) is 1.77.